The van der Waals surface area contributed by atoms with Crippen LogP contribution >= 0.6 is 0 Å². The smallest absolute Gasteiger partial charge is 0.226 e. The molecule has 1 aromatic rings. The molecular formula is C21H34N6O2. The first-order valence-corrected chi connectivity index (χ1v) is 11.2. The van der Waals surface area contributed by atoms with Crippen molar-refractivity contribution in [3.05, 3.63) is 12.4 Å². The SMILES string of the molecule is O=C(C1CCCN(C2CCN(c3cc(NCCO)ncn3)CC2)C1)N1CCCC1. The van der Waals surface area contributed by atoms with E-state index in [4.69, 9.17) is 5.11 Å². The number of aliphatic hydroxyl groups excluding tert-OH is 1. The van der Waals surface area contributed by atoms with E-state index in [-0.39, 0.29) is 12.5 Å². The molecule has 1 atom stereocenters. The molecule has 3 aliphatic heterocycles. The van der Waals surface area contributed by atoms with Gasteiger partial charge in [-0.25, -0.2) is 9.97 Å². The van der Waals surface area contributed by atoms with Gasteiger partial charge in [0.2, 0.25) is 5.91 Å². The van der Waals surface area contributed by atoms with Gasteiger partial charge >= 0.3 is 0 Å². The zero-order valence-electron chi connectivity index (χ0n) is 17.3. The van der Waals surface area contributed by atoms with E-state index in [1.165, 1.54) is 12.8 Å². The van der Waals surface area contributed by atoms with Crippen molar-refractivity contribution in [3.63, 3.8) is 0 Å². The third-order valence-corrected chi connectivity index (χ3v) is 6.60. The van der Waals surface area contributed by atoms with E-state index in [0.717, 1.165) is 76.6 Å². The summed E-state index contributed by atoms with van der Waals surface area (Å²) in [5, 5.41) is 12.1. The summed E-state index contributed by atoms with van der Waals surface area (Å²) in [5.74, 6) is 2.29. The maximum atomic E-state index is 12.8. The van der Waals surface area contributed by atoms with Gasteiger partial charge in [-0.3, -0.25) is 9.69 Å². The summed E-state index contributed by atoms with van der Waals surface area (Å²) < 4.78 is 0. The van der Waals surface area contributed by atoms with Crippen LogP contribution in [0.3, 0.4) is 0 Å². The first kappa shape index (κ1) is 20.3. The van der Waals surface area contributed by atoms with Crippen molar-refractivity contribution >= 4 is 17.5 Å². The first-order chi connectivity index (χ1) is 14.2. The van der Waals surface area contributed by atoms with Gasteiger partial charge in [0, 0.05) is 51.4 Å². The minimum atomic E-state index is 0.0851. The number of carbonyl (C=O) groups excluding carboxylic acids is 1. The zero-order chi connectivity index (χ0) is 20.1. The first-order valence-electron chi connectivity index (χ1n) is 11.2. The van der Waals surface area contributed by atoms with E-state index in [1.807, 2.05) is 6.07 Å². The molecule has 1 unspecified atom stereocenters. The van der Waals surface area contributed by atoms with Crippen LogP contribution in [0.5, 0.6) is 0 Å². The highest BCUT2D eigenvalue weighted by Gasteiger charge is 2.34. The Morgan fingerprint density at radius 1 is 1.07 bits per heavy atom. The van der Waals surface area contributed by atoms with Crippen molar-refractivity contribution in [2.45, 2.75) is 44.6 Å². The molecule has 4 rings (SSSR count). The minimum absolute atomic E-state index is 0.0851. The van der Waals surface area contributed by atoms with Crippen molar-refractivity contribution in [3.8, 4) is 0 Å². The Bertz CT molecular complexity index is 673. The zero-order valence-corrected chi connectivity index (χ0v) is 17.3. The summed E-state index contributed by atoms with van der Waals surface area (Å²) in [4.78, 5) is 28.5. The molecule has 0 aromatic carbocycles. The van der Waals surface area contributed by atoms with Crippen LogP contribution in [0.4, 0.5) is 11.6 Å². The second kappa shape index (κ2) is 9.71. The molecule has 8 heteroatoms. The summed E-state index contributed by atoms with van der Waals surface area (Å²) in [5.41, 5.74) is 0. The van der Waals surface area contributed by atoms with E-state index < -0.39 is 0 Å². The number of aromatic nitrogens is 2. The molecular weight excluding hydrogens is 368 g/mol. The Balaban J connectivity index is 1.29. The van der Waals surface area contributed by atoms with Crippen LogP contribution in [0.2, 0.25) is 0 Å². The molecule has 0 aliphatic carbocycles. The molecule has 29 heavy (non-hydrogen) atoms. The normalized spacial score (nSPS) is 24.1. The van der Waals surface area contributed by atoms with Crippen molar-refractivity contribution in [1.29, 1.82) is 0 Å². The van der Waals surface area contributed by atoms with Gasteiger partial charge in [0.05, 0.1) is 12.5 Å². The van der Waals surface area contributed by atoms with Gasteiger partial charge in [-0.2, -0.15) is 0 Å². The van der Waals surface area contributed by atoms with Crippen molar-refractivity contribution in [1.82, 2.24) is 19.8 Å². The topological polar surface area (TPSA) is 84.8 Å². The van der Waals surface area contributed by atoms with Crippen LogP contribution in [0.15, 0.2) is 12.4 Å². The fourth-order valence-electron chi connectivity index (χ4n) is 5.00. The average Bonchev–Trinajstić information content (AvgIpc) is 3.32. The molecule has 0 saturated carbocycles. The van der Waals surface area contributed by atoms with Crippen LogP contribution in [0.25, 0.3) is 0 Å². The monoisotopic (exact) mass is 402 g/mol. The predicted octanol–water partition coefficient (Wildman–Crippen LogP) is 1.18. The van der Waals surface area contributed by atoms with Gasteiger partial charge in [-0.15, -0.1) is 0 Å². The number of carbonyl (C=O) groups is 1. The lowest BCUT2D eigenvalue weighted by Crippen LogP contribution is -2.51. The number of anilines is 2. The van der Waals surface area contributed by atoms with Gasteiger partial charge < -0.3 is 20.2 Å². The largest absolute Gasteiger partial charge is 0.395 e. The van der Waals surface area contributed by atoms with Crippen molar-refractivity contribution < 1.29 is 9.90 Å². The average molecular weight is 403 g/mol. The van der Waals surface area contributed by atoms with E-state index in [2.05, 4.69) is 30.0 Å². The minimum Gasteiger partial charge on any atom is -0.395 e. The molecule has 1 aromatic heterocycles. The Labute approximate surface area is 173 Å². The predicted molar refractivity (Wildman–Crippen MR) is 113 cm³/mol. The fourth-order valence-corrected chi connectivity index (χ4v) is 5.00. The van der Waals surface area contributed by atoms with Gasteiger partial charge in [0.15, 0.2) is 0 Å². The number of amides is 1. The Morgan fingerprint density at radius 3 is 2.62 bits per heavy atom. The van der Waals surface area contributed by atoms with Gasteiger partial charge in [-0.1, -0.05) is 0 Å². The van der Waals surface area contributed by atoms with Crippen LogP contribution in [-0.4, -0.2) is 89.2 Å². The number of likely N-dealkylation sites (tertiary alicyclic amines) is 2. The van der Waals surface area contributed by atoms with Crippen LogP contribution in [0, 0.1) is 5.92 Å². The highest BCUT2D eigenvalue weighted by Crippen LogP contribution is 2.27. The third-order valence-electron chi connectivity index (χ3n) is 6.60. The van der Waals surface area contributed by atoms with E-state index in [0.29, 0.717) is 18.5 Å². The molecule has 160 valence electrons. The number of hydrogen-bond donors (Lipinski definition) is 2. The molecule has 3 saturated heterocycles. The Kier molecular flexibility index (Phi) is 6.82. The molecule has 2 N–H and O–H groups in total. The van der Waals surface area contributed by atoms with Gasteiger partial charge in [0.25, 0.3) is 0 Å². The summed E-state index contributed by atoms with van der Waals surface area (Å²) in [6.45, 7) is 6.50. The van der Waals surface area contributed by atoms with Crippen LogP contribution < -0.4 is 10.2 Å². The summed E-state index contributed by atoms with van der Waals surface area (Å²) in [7, 11) is 0. The molecule has 0 bridgehead atoms. The Morgan fingerprint density at radius 2 is 1.86 bits per heavy atom. The molecule has 0 spiro atoms. The number of hydrogen-bond acceptors (Lipinski definition) is 7. The molecule has 3 aliphatic rings. The molecule has 1 amide bonds. The van der Waals surface area contributed by atoms with Gasteiger partial charge in [-0.05, 0) is 45.1 Å². The molecule has 3 fully saturated rings. The van der Waals surface area contributed by atoms with Gasteiger partial charge in [0.1, 0.15) is 18.0 Å². The molecule has 8 nitrogen and oxygen atoms in total. The summed E-state index contributed by atoms with van der Waals surface area (Å²) in [6, 6.07) is 2.52. The van der Waals surface area contributed by atoms with Crippen LogP contribution in [0.1, 0.15) is 38.5 Å². The Hall–Kier alpha value is -1.93. The fraction of sp³-hybridized carbons (Fsp3) is 0.762. The van der Waals surface area contributed by atoms with E-state index >= 15 is 0 Å². The highest BCUT2D eigenvalue weighted by atomic mass is 16.3. The highest BCUT2D eigenvalue weighted by molar-refractivity contribution is 5.79. The summed E-state index contributed by atoms with van der Waals surface area (Å²) in [6.07, 6.45) is 8.32. The maximum Gasteiger partial charge on any atom is 0.226 e. The van der Waals surface area contributed by atoms with Crippen molar-refractivity contribution in [2.75, 3.05) is 62.6 Å². The number of nitrogens with one attached hydrogen (secondary N) is 1. The lowest BCUT2D eigenvalue weighted by atomic mass is 9.93. The second-order valence-corrected chi connectivity index (χ2v) is 8.50. The second-order valence-electron chi connectivity index (χ2n) is 8.50. The van der Waals surface area contributed by atoms with E-state index in [9.17, 15) is 4.79 Å². The lowest BCUT2D eigenvalue weighted by Gasteiger charge is -2.42. The quantitative estimate of drug-likeness (QED) is 0.739. The number of rotatable bonds is 6. The number of aliphatic hydroxyl groups is 1. The summed E-state index contributed by atoms with van der Waals surface area (Å²) >= 11 is 0. The standard InChI is InChI=1S/C21H34N6O2/c28-13-7-22-19-14-20(24-16-23-19)25-11-5-18(6-12-25)27-10-3-4-17(15-27)21(29)26-8-1-2-9-26/h14,16-18,28H,1-13,15H2,(H,22,23,24). The maximum absolute atomic E-state index is 12.8. The number of nitrogens with zero attached hydrogens (tertiary/aromatic N) is 5. The number of piperidine rings is 2. The van der Waals surface area contributed by atoms with Crippen LogP contribution in [-0.2, 0) is 4.79 Å². The van der Waals surface area contributed by atoms with Crippen molar-refractivity contribution in [2.24, 2.45) is 5.92 Å². The molecule has 4 heterocycles. The van der Waals surface area contributed by atoms with E-state index in [1.54, 1.807) is 6.33 Å². The third kappa shape index (κ3) is 4.98. The lowest BCUT2D eigenvalue weighted by molar-refractivity contribution is -0.136. The molecule has 0 radical (unpaired) electrons.